The van der Waals surface area contributed by atoms with Gasteiger partial charge in [0.25, 0.3) is 5.56 Å². The molecular formula is C12H10N4O4. The first kappa shape index (κ1) is 13.3. The molecule has 1 aromatic carbocycles. The topological polar surface area (TPSA) is 124 Å². The summed E-state index contributed by atoms with van der Waals surface area (Å²) in [7, 11) is 0. The number of carboxylic acid groups (broad SMARTS) is 1. The fraction of sp³-hybridized carbons (Fsp3) is 0. The summed E-state index contributed by atoms with van der Waals surface area (Å²) in [6.45, 7) is 0. The monoisotopic (exact) mass is 274 g/mol. The molecule has 4 N–H and O–H groups in total. The normalized spacial score (nSPS) is 9.80. The van der Waals surface area contributed by atoms with Crippen LogP contribution in [0.5, 0.6) is 0 Å². The molecule has 0 atom stereocenters. The number of aromatic carboxylic acids is 1. The third kappa shape index (κ3) is 3.42. The third-order valence-electron chi connectivity index (χ3n) is 2.31. The van der Waals surface area contributed by atoms with E-state index in [9.17, 15) is 14.4 Å². The maximum absolute atomic E-state index is 11.6. The number of benzene rings is 1. The minimum atomic E-state index is -1.04. The Balaban J connectivity index is 1.99. The van der Waals surface area contributed by atoms with E-state index in [1.54, 1.807) is 0 Å². The molecule has 0 radical (unpaired) electrons. The molecule has 1 aromatic heterocycles. The van der Waals surface area contributed by atoms with Gasteiger partial charge in [0.2, 0.25) is 0 Å². The zero-order chi connectivity index (χ0) is 14.5. The molecule has 8 nitrogen and oxygen atoms in total. The Hall–Kier alpha value is -3.16. The zero-order valence-electron chi connectivity index (χ0n) is 10.1. The zero-order valence-corrected chi connectivity index (χ0v) is 10.1. The lowest BCUT2D eigenvalue weighted by atomic mass is 10.2. The highest BCUT2D eigenvalue weighted by atomic mass is 16.4. The van der Waals surface area contributed by atoms with Gasteiger partial charge in [-0.2, -0.15) is 5.10 Å². The summed E-state index contributed by atoms with van der Waals surface area (Å²) >= 11 is 0. The fourth-order valence-electron chi connectivity index (χ4n) is 1.39. The van der Waals surface area contributed by atoms with Gasteiger partial charge in [-0.15, -0.1) is 0 Å². The van der Waals surface area contributed by atoms with Crippen LogP contribution < -0.4 is 16.2 Å². The lowest BCUT2D eigenvalue weighted by molar-refractivity contribution is 0.0697. The van der Waals surface area contributed by atoms with Crippen molar-refractivity contribution in [3.8, 4) is 0 Å². The van der Waals surface area contributed by atoms with Crippen LogP contribution in [-0.2, 0) is 0 Å². The highest BCUT2D eigenvalue weighted by Gasteiger charge is 2.05. The summed E-state index contributed by atoms with van der Waals surface area (Å²) in [5, 5.41) is 19.4. The van der Waals surface area contributed by atoms with E-state index in [1.165, 1.54) is 36.4 Å². The molecule has 0 aliphatic rings. The highest BCUT2D eigenvalue weighted by molar-refractivity contribution is 5.99. The lowest BCUT2D eigenvalue weighted by Crippen LogP contribution is -2.21. The Labute approximate surface area is 112 Å². The number of aromatic nitrogens is 2. The van der Waals surface area contributed by atoms with Gasteiger partial charge >= 0.3 is 12.0 Å². The number of urea groups is 1. The molecule has 2 rings (SSSR count). The quantitative estimate of drug-likeness (QED) is 0.667. The van der Waals surface area contributed by atoms with Crippen LogP contribution in [-0.4, -0.2) is 27.3 Å². The molecule has 1 heterocycles. The standard InChI is InChI=1S/C12H10N4O4/c17-10-6-5-9(15-16-10)14-12(20)13-8-3-1-7(2-4-8)11(18)19/h1-6H,(H,16,17)(H,18,19)(H2,13,14,15,20). The molecule has 2 amide bonds. The number of amides is 2. The molecule has 8 heteroatoms. The van der Waals surface area contributed by atoms with Gasteiger partial charge in [-0.05, 0) is 30.3 Å². The molecular weight excluding hydrogens is 264 g/mol. The van der Waals surface area contributed by atoms with Crippen LogP contribution in [0.1, 0.15) is 10.4 Å². The first-order chi connectivity index (χ1) is 9.54. The van der Waals surface area contributed by atoms with Crippen LogP contribution in [0.15, 0.2) is 41.2 Å². The highest BCUT2D eigenvalue weighted by Crippen LogP contribution is 2.10. The van der Waals surface area contributed by atoms with Crippen LogP contribution >= 0.6 is 0 Å². The summed E-state index contributed by atoms with van der Waals surface area (Å²) in [6, 6.07) is 7.68. The number of carboxylic acids is 1. The molecule has 0 aliphatic carbocycles. The Kier molecular flexibility index (Phi) is 3.75. The van der Waals surface area contributed by atoms with Gasteiger partial charge in [-0.1, -0.05) is 0 Å². The molecule has 2 aromatic rings. The average Bonchev–Trinajstić information content (AvgIpc) is 2.42. The van der Waals surface area contributed by atoms with Crippen molar-refractivity contribution in [2.24, 2.45) is 0 Å². The minimum absolute atomic E-state index is 0.123. The van der Waals surface area contributed by atoms with Crippen LogP contribution in [0, 0.1) is 0 Å². The lowest BCUT2D eigenvalue weighted by Gasteiger charge is -2.06. The minimum Gasteiger partial charge on any atom is -0.478 e. The van der Waals surface area contributed by atoms with Crippen molar-refractivity contribution in [3.05, 3.63) is 52.3 Å². The van der Waals surface area contributed by atoms with E-state index in [2.05, 4.69) is 20.8 Å². The van der Waals surface area contributed by atoms with E-state index in [-0.39, 0.29) is 16.9 Å². The summed E-state index contributed by atoms with van der Waals surface area (Å²) in [6.07, 6.45) is 0. The number of H-pyrrole nitrogens is 1. The first-order valence-corrected chi connectivity index (χ1v) is 5.52. The summed E-state index contributed by atoms with van der Waals surface area (Å²) in [5.41, 5.74) is 0.176. The number of anilines is 2. The second-order valence-electron chi connectivity index (χ2n) is 3.77. The summed E-state index contributed by atoms with van der Waals surface area (Å²) in [4.78, 5) is 33.1. The summed E-state index contributed by atoms with van der Waals surface area (Å²) in [5.74, 6) is -0.859. The van der Waals surface area contributed by atoms with Gasteiger partial charge in [-0.25, -0.2) is 14.7 Å². The molecule has 0 saturated heterocycles. The number of hydrogen-bond donors (Lipinski definition) is 4. The number of nitrogens with zero attached hydrogens (tertiary/aromatic N) is 1. The van der Waals surface area contributed by atoms with Crippen LogP contribution in [0.2, 0.25) is 0 Å². The molecule has 20 heavy (non-hydrogen) atoms. The first-order valence-electron chi connectivity index (χ1n) is 5.52. The van der Waals surface area contributed by atoms with Crippen molar-refractivity contribution in [3.63, 3.8) is 0 Å². The predicted molar refractivity (Wildman–Crippen MR) is 70.9 cm³/mol. The number of carbonyl (C=O) groups excluding carboxylic acids is 1. The van der Waals surface area contributed by atoms with Crippen LogP contribution in [0.3, 0.4) is 0 Å². The Morgan fingerprint density at radius 3 is 2.30 bits per heavy atom. The second kappa shape index (κ2) is 5.65. The second-order valence-corrected chi connectivity index (χ2v) is 3.77. The van der Waals surface area contributed by atoms with Crippen molar-refractivity contribution in [2.75, 3.05) is 10.6 Å². The fourth-order valence-corrected chi connectivity index (χ4v) is 1.39. The van der Waals surface area contributed by atoms with Crippen LogP contribution in [0.25, 0.3) is 0 Å². The van der Waals surface area contributed by atoms with Gasteiger partial charge in [0.05, 0.1) is 5.56 Å². The number of rotatable bonds is 3. The maximum Gasteiger partial charge on any atom is 0.335 e. The molecule has 0 saturated carbocycles. The van der Waals surface area contributed by atoms with Gasteiger partial charge in [0.1, 0.15) is 0 Å². The van der Waals surface area contributed by atoms with Crippen molar-refractivity contribution in [2.45, 2.75) is 0 Å². The SMILES string of the molecule is O=C(Nc1ccc(C(=O)O)cc1)Nc1ccc(=O)[nH]n1. The van der Waals surface area contributed by atoms with Gasteiger partial charge in [0.15, 0.2) is 5.82 Å². The molecule has 0 spiro atoms. The van der Waals surface area contributed by atoms with Crippen molar-refractivity contribution in [1.29, 1.82) is 0 Å². The Morgan fingerprint density at radius 1 is 1.05 bits per heavy atom. The van der Waals surface area contributed by atoms with Gasteiger partial charge in [0, 0.05) is 11.8 Å². The Morgan fingerprint density at radius 2 is 1.75 bits per heavy atom. The molecule has 0 bridgehead atoms. The van der Waals surface area contributed by atoms with E-state index in [0.717, 1.165) is 0 Å². The van der Waals surface area contributed by atoms with E-state index in [1.807, 2.05) is 0 Å². The molecule has 0 unspecified atom stereocenters. The molecule has 0 fully saturated rings. The van der Waals surface area contributed by atoms with Crippen LogP contribution in [0.4, 0.5) is 16.3 Å². The smallest absolute Gasteiger partial charge is 0.335 e. The summed E-state index contributed by atoms with van der Waals surface area (Å²) < 4.78 is 0. The number of hydrogen-bond acceptors (Lipinski definition) is 4. The number of aromatic amines is 1. The van der Waals surface area contributed by atoms with Crippen molar-refractivity contribution in [1.82, 2.24) is 10.2 Å². The van der Waals surface area contributed by atoms with Crippen molar-refractivity contribution < 1.29 is 14.7 Å². The largest absolute Gasteiger partial charge is 0.478 e. The third-order valence-corrected chi connectivity index (χ3v) is 2.31. The average molecular weight is 274 g/mol. The number of nitrogens with one attached hydrogen (secondary N) is 3. The predicted octanol–water partition coefficient (Wildman–Crippen LogP) is 1.11. The Bertz CT molecular complexity index is 673. The number of carbonyl (C=O) groups is 2. The van der Waals surface area contributed by atoms with Crippen molar-refractivity contribution >= 4 is 23.5 Å². The molecule has 102 valence electrons. The van der Waals surface area contributed by atoms with E-state index in [0.29, 0.717) is 5.69 Å². The van der Waals surface area contributed by atoms with Gasteiger partial charge < -0.3 is 10.4 Å². The van der Waals surface area contributed by atoms with E-state index < -0.39 is 12.0 Å². The van der Waals surface area contributed by atoms with E-state index in [4.69, 9.17) is 5.11 Å². The van der Waals surface area contributed by atoms with Gasteiger partial charge in [-0.3, -0.25) is 10.1 Å². The van der Waals surface area contributed by atoms with E-state index >= 15 is 0 Å². The maximum atomic E-state index is 11.6. The molecule has 0 aliphatic heterocycles.